The molecule has 3 atom stereocenters. The first kappa shape index (κ1) is 17.3. The van der Waals surface area contributed by atoms with Gasteiger partial charge in [0.05, 0.1) is 10.0 Å². The quantitative estimate of drug-likeness (QED) is 0.641. The summed E-state index contributed by atoms with van der Waals surface area (Å²) in [5, 5.41) is 0.976. The SMILES string of the molecule is CCCC[C@@]1(C(=O)c2ccc(Cl)c(Cl)c2)CC[C@@H]2CC[C@H]1N2C. The summed E-state index contributed by atoms with van der Waals surface area (Å²) >= 11 is 12.2. The summed E-state index contributed by atoms with van der Waals surface area (Å²) in [4.78, 5) is 16.0. The van der Waals surface area contributed by atoms with Crippen LogP contribution in [0.15, 0.2) is 18.2 Å². The van der Waals surface area contributed by atoms with Gasteiger partial charge >= 0.3 is 0 Å². The van der Waals surface area contributed by atoms with E-state index < -0.39 is 0 Å². The molecule has 4 heteroatoms. The van der Waals surface area contributed by atoms with Crippen LogP contribution < -0.4 is 0 Å². The molecule has 1 aromatic carbocycles. The minimum atomic E-state index is -0.255. The number of halogens is 2. The summed E-state index contributed by atoms with van der Waals surface area (Å²) in [5.74, 6) is 0.265. The second-order valence-electron chi connectivity index (χ2n) is 7.17. The third kappa shape index (κ3) is 2.94. The van der Waals surface area contributed by atoms with Crippen LogP contribution in [0.1, 0.15) is 62.2 Å². The molecule has 2 aliphatic heterocycles. The smallest absolute Gasteiger partial charge is 0.170 e. The number of rotatable bonds is 5. The number of unbranched alkanes of at least 4 members (excludes halogenated alkanes) is 1. The third-order valence-electron chi connectivity index (χ3n) is 6.01. The summed E-state index contributed by atoms with van der Waals surface area (Å²) in [6, 6.07) is 6.37. The maximum Gasteiger partial charge on any atom is 0.170 e. The number of fused-ring (bicyclic) bond motifs is 2. The Morgan fingerprint density at radius 2 is 2.04 bits per heavy atom. The van der Waals surface area contributed by atoms with Gasteiger partial charge < -0.3 is 0 Å². The van der Waals surface area contributed by atoms with Crippen molar-refractivity contribution in [3.05, 3.63) is 33.8 Å². The molecule has 126 valence electrons. The largest absolute Gasteiger partial charge is 0.299 e. The molecule has 0 spiro atoms. The average Bonchev–Trinajstić information content (AvgIpc) is 2.80. The van der Waals surface area contributed by atoms with Gasteiger partial charge in [0.1, 0.15) is 0 Å². The Kier molecular flexibility index (Phi) is 5.06. The fourth-order valence-corrected chi connectivity index (χ4v) is 5.00. The standard InChI is InChI=1S/C19H25Cl2NO/c1-3-4-10-19(11-9-14-6-8-17(19)22(14)2)18(23)13-5-7-15(20)16(21)12-13/h5,7,12,14,17H,3-4,6,8-11H2,1-2H3/t14-,17+,19+/m0/s1. The first-order valence-corrected chi connectivity index (χ1v) is 9.47. The number of benzene rings is 1. The minimum Gasteiger partial charge on any atom is -0.299 e. The molecule has 2 saturated heterocycles. The lowest BCUT2D eigenvalue weighted by Crippen LogP contribution is -2.53. The van der Waals surface area contributed by atoms with Crippen molar-refractivity contribution in [1.82, 2.24) is 4.90 Å². The minimum absolute atomic E-state index is 0.255. The van der Waals surface area contributed by atoms with E-state index in [-0.39, 0.29) is 11.2 Å². The third-order valence-corrected chi connectivity index (χ3v) is 6.75. The van der Waals surface area contributed by atoms with Crippen LogP contribution in [0.3, 0.4) is 0 Å². The first-order chi connectivity index (χ1) is 11.0. The molecule has 3 rings (SSSR count). The number of ketones is 1. The monoisotopic (exact) mass is 353 g/mol. The average molecular weight is 354 g/mol. The summed E-state index contributed by atoms with van der Waals surface area (Å²) in [5.41, 5.74) is 0.462. The maximum atomic E-state index is 13.5. The summed E-state index contributed by atoms with van der Waals surface area (Å²) in [6.45, 7) is 2.20. The van der Waals surface area contributed by atoms with E-state index in [0.717, 1.165) is 38.5 Å². The van der Waals surface area contributed by atoms with E-state index in [1.165, 1.54) is 6.42 Å². The molecule has 23 heavy (non-hydrogen) atoms. The molecule has 2 aliphatic rings. The summed E-state index contributed by atoms with van der Waals surface area (Å²) < 4.78 is 0. The Bertz CT molecular complexity index is 603. The van der Waals surface area contributed by atoms with Gasteiger partial charge in [0.15, 0.2) is 5.78 Å². The van der Waals surface area contributed by atoms with Crippen LogP contribution in [0.2, 0.25) is 10.0 Å². The highest BCUT2D eigenvalue weighted by Crippen LogP contribution is 2.50. The molecule has 0 aromatic heterocycles. The van der Waals surface area contributed by atoms with Gasteiger partial charge in [0.25, 0.3) is 0 Å². The Morgan fingerprint density at radius 1 is 1.26 bits per heavy atom. The molecule has 0 radical (unpaired) electrons. The molecule has 0 unspecified atom stereocenters. The van der Waals surface area contributed by atoms with Gasteiger partial charge in [-0.05, 0) is 57.4 Å². The molecular formula is C19H25Cl2NO. The molecular weight excluding hydrogens is 329 g/mol. The van der Waals surface area contributed by atoms with E-state index in [2.05, 4.69) is 18.9 Å². The van der Waals surface area contributed by atoms with Crippen molar-refractivity contribution in [3.8, 4) is 0 Å². The zero-order chi connectivity index (χ0) is 16.6. The molecule has 1 aromatic rings. The fraction of sp³-hybridized carbons (Fsp3) is 0.632. The molecule has 2 bridgehead atoms. The van der Waals surface area contributed by atoms with E-state index in [1.807, 2.05) is 6.07 Å². The molecule has 2 heterocycles. The second-order valence-corrected chi connectivity index (χ2v) is 7.98. The molecule has 0 amide bonds. The molecule has 0 saturated carbocycles. The number of hydrogen-bond acceptors (Lipinski definition) is 2. The highest BCUT2D eigenvalue weighted by atomic mass is 35.5. The molecule has 0 N–H and O–H groups in total. The Labute approximate surface area is 149 Å². The molecule has 2 fully saturated rings. The van der Waals surface area contributed by atoms with Crippen LogP contribution in [0, 0.1) is 5.41 Å². The predicted octanol–water partition coefficient (Wildman–Crippen LogP) is 5.61. The van der Waals surface area contributed by atoms with Crippen LogP contribution in [0.4, 0.5) is 0 Å². The van der Waals surface area contributed by atoms with E-state index in [0.29, 0.717) is 27.7 Å². The van der Waals surface area contributed by atoms with Crippen molar-refractivity contribution in [1.29, 1.82) is 0 Å². The lowest BCUT2D eigenvalue weighted by atomic mass is 9.66. The lowest BCUT2D eigenvalue weighted by molar-refractivity contribution is 0.0249. The number of carbonyl (C=O) groups is 1. The van der Waals surface area contributed by atoms with Gasteiger partial charge in [0.2, 0.25) is 0 Å². The van der Waals surface area contributed by atoms with Gasteiger partial charge in [-0.3, -0.25) is 9.69 Å². The fourth-order valence-electron chi connectivity index (χ4n) is 4.70. The van der Waals surface area contributed by atoms with E-state index in [4.69, 9.17) is 23.2 Å². The Hall–Kier alpha value is -0.570. The zero-order valence-corrected chi connectivity index (χ0v) is 15.5. The number of piperidine rings is 1. The van der Waals surface area contributed by atoms with Crippen molar-refractivity contribution in [3.63, 3.8) is 0 Å². The summed E-state index contributed by atoms with van der Waals surface area (Å²) in [6.07, 6.45) is 7.69. The van der Waals surface area contributed by atoms with Crippen LogP contribution in [0.25, 0.3) is 0 Å². The molecule has 2 nitrogen and oxygen atoms in total. The van der Waals surface area contributed by atoms with Crippen LogP contribution in [-0.4, -0.2) is 29.8 Å². The highest BCUT2D eigenvalue weighted by Gasteiger charge is 2.53. The topological polar surface area (TPSA) is 20.3 Å². The predicted molar refractivity (Wildman–Crippen MR) is 96.6 cm³/mol. The van der Waals surface area contributed by atoms with Gasteiger partial charge in [-0.2, -0.15) is 0 Å². The highest BCUT2D eigenvalue weighted by molar-refractivity contribution is 6.42. The number of nitrogens with zero attached hydrogens (tertiary/aromatic N) is 1. The van der Waals surface area contributed by atoms with Crippen LogP contribution in [-0.2, 0) is 0 Å². The lowest BCUT2D eigenvalue weighted by Gasteiger charge is -2.47. The summed E-state index contributed by atoms with van der Waals surface area (Å²) in [7, 11) is 2.20. The number of Topliss-reactive ketones (excluding diaryl/α,β-unsaturated/α-hetero) is 1. The van der Waals surface area contributed by atoms with Crippen molar-refractivity contribution in [2.75, 3.05) is 7.05 Å². The van der Waals surface area contributed by atoms with E-state index in [1.54, 1.807) is 12.1 Å². The van der Waals surface area contributed by atoms with Crippen molar-refractivity contribution in [2.24, 2.45) is 5.41 Å². The normalized spacial score (nSPS) is 30.6. The van der Waals surface area contributed by atoms with Crippen molar-refractivity contribution in [2.45, 2.75) is 64.0 Å². The molecule has 0 aliphatic carbocycles. The van der Waals surface area contributed by atoms with Gasteiger partial charge in [0, 0.05) is 23.1 Å². The van der Waals surface area contributed by atoms with E-state index >= 15 is 0 Å². The second kappa shape index (κ2) is 6.74. The van der Waals surface area contributed by atoms with Crippen LogP contribution in [0.5, 0.6) is 0 Å². The zero-order valence-electron chi connectivity index (χ0n) is 13.9. The Morgan fingerprint density at radius 3 is 2.74 bits per heavy atom. The van der Waals surface area contributed by atoms with Gasteiger partial charge in [-0.15, -0.1) is 0 Å². The van der Waals surface area contributed by atoms with Gasteiger partial charge in [-0.25, -0.2) is 0 Å². The number of carbonyl (C=O) groups excluding carboxylic acids is 1. The van der Waals surface area contributed by atoms with Crippen molar-refractivity contribution >= 4 is 29.0 Å². The Balaban J connectivity index is 1.98. The van der Waals surface area contributed by atoms with E-state index in [9.17, 15) is 4.79 Å². The first-order valence-electron chi connectivity index (χ1n) is 8.71. The maximum absolute atomic E-state index is 13.5. The van der Waals surface area contributed by atoms with Gasteiger partial charge in [-0.1, -0.05) is 43.0 Å². The number of hydrogen-bond donors (Lipinski definition) is 0. The van der Waals surface area contributed by atoms with Crippen LogP contribution >= 0.6 is 23.2 Å². The van der Waals surface area contributed by atoms with Crippen molar-refractivity contribution < 1.29 is 4.79 Å².